The van der Waals surface area contributed by atoms with E-state index in [9.17, 15) is 9.59 Å². The summed E-state index contributed by atoms with van der Waals surface area (Å²) in [6.45, 7) is 3.43. The second kappa shape index (κ2) is 16.1. The van der Waals surface area contributed by atoms with Gasteiger partial charge in [0.25, 0.3) is 11.8 Å². The Kier molecular flexibility index (Phi) is 11.0. The molecule has 0 bridgehead atoms. The summed E-state index contributed by atoms with van der Waals surface area (Å²) in [4.78, 5) is 40.2. The summed E-state index contributed by atoms with van der Waals surface area (Å²) in [6, 6.07) is 7.44. The van der Waals surface area contributed by atoms with Crippen molar-refractivity contribution >= 4 is 35.6 Å². The molecule has 0 N–H and O–H groups in total. The van der Waals surface area contributed by atoms with Crippen LogP contribution in [-0.4, -0.2) is 85.6 Å². The van der Waals surface area contributed by atoms with Gasteiger partial charge in [0.1, 0.15) is 0 Å². The molecular weight excluding hydrogens is 620 g/mol. The van der Waals surface area contributed by atoms with Crippen LogP contribution in [0.2, 0.25) is 0 Å². The lowest BCUT2D eigenvalue weighted by Gasteiger charge is -2.21. The van der Waals surface area contributed by atoms with Crippen LogP contribution >= 0.6 is 0 Å². The number of hydrogen-bond acceptors (Lipinski definition) is 8. The van der Waals surface area contributed by atoms with Gasteiger partial charge in [-0.15, -0.1) is 0 Å². The SMILES string of the molecule is O=C1c2cc3c(cc2N=C[C@@H]2CCCN12)OCCCOc1cc2c(cc1OCCCCCCCCCCCCO3)C(=O)N1CCC[C@H]1C=N2. The summed E-state index contributed by atoms with van der Waals surface area (Å²) < 4.78 is 25.2. The summed E-state index contributed by atoms with van der Waals surface area (Å²) in [6.07, 6.45) is 19.8. The van der Waals surface area contributed by atoms with E-state index in [1.165, 1.54) is 38.5 Å². The number of carbonyl (C=O) groups excluding carboxylic acids is 2. The number of nitrogens with zero attached hydrogens (tertiary/aromatic N) is 4. The molecule has 2 aromatic rings. The van der Waals surface area contributed by atoms with E-state index in [-0.39, 0.29) is 23.9 Å². The zero-order valence-electron chi connectivity index (χ0n) is 28.7. The average molecular weight is 671 g/mol. The molecule has 0 saturated carbocycles. The Morgan fingerprint density at radius 1 is 0.469 bits per heavy atom. The van der Waals surface area contributed by atoms with Crippen LogP contribution < -0.4 is 18.9 Å². The van der Waals surface area contributed by atoms with Gasteiger partial charge in [0.05, 0.1) is 61.0 Å². The van der Waals surface area contributed by atoms with Gasteiger partial charge in [-0.2, -0.15) is 0 Å². The maximum absolute atomic E-state index is 13.5. The molecule has 0 aromatic heterocycles. The average Bonchev–Trinajstić information content (AvgIpc) is 3.74. The first-order valence-electron chi connectivity index (χ1n) is 18.7. The molecule has 0 unspecified atom stereocenters. The number of ether oxygens (including phenoxy) is 4. The third-order valence-electron chi connectivity index (χ3n) is 10.3. The van der Waals surface area contributed by atoms with Crippen molar-refractivity contribution in [1.82, 2.24) is 9.80 Å². The molecule has 10 nitrogen and oxygen atoms in total. The van der Waals surface area contributed by atoms with Crippen LogP contribution in [0.25, 0.3) is 0 Å². The van der Waals surface area contributed by atoms with Gasteiger partial charge in [-0.05, 0) is 50.7 Å². The largest absolute Gasteiger partial charge is 0.490 e. The van der Waals surface area contributed by atoms with Gasteiger partial charge >= 0.3 is 0 Å². The smallest absolute Gasteiger partial charge is 0.256 e. The van der Waals surface area contributed by atoms with E-state index in [0.717, 1.165) is 64.5 Å². The summed E-state index contributed by atoms with van der Waals surface area (Å²) in [7, 11) is 0. The Labute approximate surface area is 289 Å². The van der Waals surface area contributed by atoms with Crippen molar-refractivity contribution < 1.29 is 28.5 Å². The van der Waals surface area contributed by atoms with Gasteiger partial charge in [0, 0.05) is 44.1 Å². The number of benzene rings is 2. The number of carbonyl (C=O) groups is 2. The van der Waals surface area contributed by atoms with Crippen molar-refractivity contribution in [3.05, 3.63) is 35.4 Å². The molecule has 2 amide bonds. The Morgan fingerprint density at radius 3 is 1.27 bits per heavy atom. The molecule has 10 heteroatoms. The normalized spacial score (nSPS) is 23.9. The van der Waals surface area contributed by atoms with E-state index < -0.39 is 0 Å². The minimum absolute atomic E-state index is 0.00830. The van der Waals surface area contributed by atoms with Crippen molar-refractivity contribution in [3.63, 3.8) is 0 Å². The molecule has 262 valence electrons. The first-order chi connectivity index (χ1) is 24.2. The number of amides is 2. The van der Waals surface area contributed by atoms with E-state index in [1.54, 1.807) is 0 Å². The third-order valence-corrected chi connectivity index (χ3v) is 10.3. The molecule has 49 heavy (non-hydrogen) atoms. The van der Waals surface area contributed by atoms with Crippen LogP contribution in [0.4, 0.5) is 11.4 Å². The van der Waals surface area contributed by atoms with Crippen molar-refractivity contribution in [3.8, 4) is 23.0 Å². The van der Waals surface area contributed by atoms with Crippen LogP contribution in [0.5, 0.6) is 23.0 Å². The second-order valence-corrected chi connectivity index (χ2v) is 13.9. The summed E-state index contributed by atoms with van der Waals surface area (Å²) in [5, 5.41) is 0. The van der Waals surface area contributed by atoms with E-state index >= 15 is 0 Å². The lowest BCUT2D eigenvalue weighted by Crippen LogP contribution is -2.35. The van der Waals surface area contributed by atoms with E-state index in [4.69, 9.17) is 28.9 Å². The predicted octanol–water partition coefficient (Wildman–Crippen LogP) is 7.85. The van der Waals surface area contributed by atoms with Crippen LogP contribution in [0, 0.1) is 0 Å². The van der Waals surface area contributed by atoms with Crippen LogP contribution in [-0.2, 0) is 0 Å². The highest BCUT2D eigenvalue weighted by Gasteiger charge is 2.34. The molecule has 2 saturated heterocycles. The van der Waals surface area contributed by atoms with Gasteiger partial charge in [-0.3, -0.25) is 19.6 Å². The van der Waals surface area contributed by atoms with Crippen molar-refractivity contribution in [2.45, 2.75) is 108 Å². The van der Waals surface area contributed by atoms with E-state index in [2.05, 4.69) is 0 Å². The van der Waals surface area contributed by atoms with Crippen LogP contribution in [0.15, 0.2) is 34.3 Å². The van der Waals surface area contributed by atoms with Crippen molar-refractivity contribution in [1.29, 1.82) is 0 Å². The summed E-state index contributed by atoms with van der Waals surface area (Å²) >= 11 is 0. The van der Waals surface area contributed by atoms with Gasteiger partial charge < -0.3 is 28.7 Å². The molecule has 0 radical (unpaired) electrons. The van der Waals surface area contributed by atoms with Crippen LogP contribution in [0.1, 0.15) is 117 Å². The van der Waals surface area contributed by atoms with Crippen molar-refractivity contribution in [2.75, 3.05) is 39.5 Å². The predicted molar refractivity (Wildman–Crippen MR) is 190 cm³/mol. The van der Waals surface area contributed by atoms with E-state index in [0.29, 0.717) is 78.3 Å². The zero-order valence-corrected chi connectivity index (χ0v) is 28.7. The fraction of sp³-hybridized carbons (Fsp3) is 0.590. The van der Waals surface area contributed by atoms with Gasteiger partial charge in [-0.25, -0.2) is 0 Å². The van der Waals surface area contributed by atoms with Crippen molar-refractivity contribution in [2.24, 2.45) is 9.98 Å². The first-order valence-corrected chi connectivity index (χ1v) is 18.7. The van der Waals surface area contributed by atoms with Crippen LogP contribution in [0.3, 0.4) is 0 Å². The fourth-order valence-electron chi connectivity index (χ4n) is 7.55. The quantitative estimate of drug-likeness (QED) is 0.283. The molecule has 2 atom stereocenters. The standard InChI is InChI=1S/C39H50N4O6/c44-38-30-22-34-36(24-32(30)40-26-28-14-11-16-42(28)38)48-20-13-21-49-37-25-33-31(39(45)43-17-12-15-29(43)27-41-33)23-35(37)47-19-10-8-6-4-2-1-3-5-7-9-18-46-34/h22-29H,1-21H2/t28-,29-/m0/s1. The Morgan fingerprint density at radius 2 is 0.837 bits per heavy atom. The van der Waals surface area contributed by atoms with Gasteiger partial charge in [0.15, 0.2) is 23.0 Å². The summed E-state index contributed by atoms with van der Waals surface area (Å²) in [5.41, 5.74) is 2.39. The number of aliphatic imine (C=N–C) groups is 2. The topological polar surface area (TPSA) is 102 Å². The number of fused-ring (bicyclic) bond motifs is 6. The molecule has 0 spiro atoms. The molecular formula is C39H50N4O6. The van der Waals surface area contributed by atoms with E-state index in [1.807, 2.05) is 46.5 Å². The molecule has 0 aliphatic carbocycles. The highest BCUT2D eigenvalue weighted by molar-refractivity contribution is 6.04. The van der Waals surface area contributed by atoms with Gasteiger partial charge in [0.2, 0.25) is 0 Å². The maximum Gasteiger partial charge on any atom is 0.256 e. The third kappa shape index (κ3) is 7.89. The minimum Gasteiger partial charge on any atom is -0.490 e. The highest BCUT2D eigenvalue weighted by Crippen LogP contribution is 2.40. The summed E-state index contributed by atoms with van der Waals surface area (Å²) in [5.74, 6) is 2.37. The highest BCUT2D eigenvalue weighted by atomic mass is 16.5. The Hall–Kier alpha value is -4.08. The molecule has 2 aromatic carbocycles. The fourth-order valence-corrected chi connectivity index (χ4v) is 7.55. The molecule has 5 aliphatic rings. The first kappa shape index (κ1) is 33.4. The zero-order chi connectivity index (χ0) is 33.4. The molecule has 5 heterocycles. The maximum atomic E-state index is 13.5. The number of rotatable bonds is 0. The molecule has 2 fully saturated rings. The minimum atomic E-state index is 0.00830. The monoisotopic (exact) mass is 670 g/mol. The Bertz CT molecular complexity index is 1440. The Balaban J connectivity index is 1.08. The lowest BCUT2D eigenvalue weighted by atomic mass is 10.1. The molecule has 7 rings (SSSR count). The molecule has 5 aliphatic heterocycles. The second-order valence-electron chi connectivity index (χ2n) is 13.9. The number of hydrogen-bond donors (Lipinski definition) is 0. The lowest BCUT2D eigenvalue weighted by molar-refractivity contribution is 0.0766. The van der Waals surface area contributed by atoms with Gasteiger partial charge in [-0.1, -0.05) is 51.4 Å².